The first-order valence-electron chi connectivity index (χ1n) is 13.5. The second kappa shape index (κ2) is 13.2. The third kappa shape index (κ3) is 7.65. The molecular weight excluding hydrogens is 617 g/mol. The molecule has 0 aliphatic carbocycles. The van der Waals surface area contributed by atoms with Crippen molar-refractivity contribution >= 4 is 41.1 Å². The summed E-state index contributed by atoms with van der Waals surface area (Å²) >= 11 is 6.20. The van der Waals surface area contributed by atoms with Crippen LogP contribution in [-0.4, -0.2) is 66.9 Å². The normalized spacial score (nSPS) is 16.8. The molecule has 1 fully saturated rings. The Bertz CT molecular complexity index is 1710. The Morgan fingerprint density at radius 1 is 1.04 bits per heavy atom. The zero-order valence-corrected chi connectivity index (χ0v) is 23.9. The van der Waals surface area contributed by atoms with E-state index in [0.29, 0.717) is 40.4 Å². The molecule has 1 aliphatic rings. The van der Waals surface area contributed by atoms with Gasteiger partial charge in [0.1, 0.15) is 18.1 Å². The van der Waals surface area contributed by atoms with Crippen LogP contribution in [0.25, 0.3) is 11.8 Å². The third-order valence-electron chi connectivity index (χ3n) is 7.11. The lowest BCUT2D eigenvalue weighted by molar-refractivity contribution is -0.274. The van der Waals surface area contributed by atoms with E-state index in [1.54, 1.807) is 18.2 Å². The van der Waals surface area contributed by atoms with Gasteiger partial charge >= 0.3 is 12.3 Å². The van der Waals surface area contributed by atoms with Crippen molar-refractivity contribution < 1.29 is 37.4 Å². The predicted octanol–water partition coefficient (Wildman–Crippen LogP) is 5.34. The van der Waals surface area contributed by atoms with E-state index in [1.165, 1.54) is 64.5 Å². The maximum atomic E-state index is 13.8. The number of ether oxygens (including phenoxy) is 1. The highest BCUT2D eigenvalue weighted by Crippen LogP contribution is 2.35. The van der Waals surface area contributed by atoms with Gasteiger partial charge in [-0.1, -0.05) is 23.7 Å². The van der Waals surface area contributed by atoms with Crippen LogP contribution in [0.2, 0.25) is 5.02 Å². The minimum absolute atomic E-state index is 0.0220. The Morgan fingerprint density at radius 3 is 2.42 bits per heavy atom. The van der Waals surface area contributed by atoms with Gasteiger partial charge in [-0.3, -0.25) is 9.59 Å². The smallest absolute Gasteiger partial charge is 0.478 e. The summed E-state index contributed by atoms with van der Waals surface area (Å²) in [7, 11) is 0. The zero-order valence-electron chi connectivity index (χ0n) is 23.2. The number of carboxylic acid groups (broad SMARTS) is 1. The number of likely N-dealkylation sites (tertiary alicyclic amines) is 1. The van der Waals surface area contributed by atoms with Gasteiger partial charge in [0.05, 0.1) is 11.3 Å². The van der Waals surface area contributed by atoms with Crippen molar-refractivity contribution in [3.8, 4) is 11.4 Å². The van der Waals surface area contributed by atoms with Crippen molar-refractivity contribution in [3.63, 3.8) is 0 Å². The predicted molar refractivity (Wildman–Crippen MR) is 156 cm³/mol. The number of hydrogen-bond acceptors (Lipinski definition) is 7. The topological polar surface area (TPSA) is 140 Å². The van der Waals surface area contributed by atoms with Crippen molar-refractivity contribution in [2.24, 2.45) is 0 Å². The number of carbonyl (C=O) groups is 3. The standard InChI is InChI=1S/C30H24ClF3N6O5/c31-21-8-13-25(40-17-35-37-38-40)20(16-21)7-14-26(41)39-15-1-2-24(18-5-11-23(12-6-18)45-30(32,33)34)27(39)28(42)36-22-9-3-19(4-10-22)29(43)44/h3-14,16-17,24,27H,1-2,15H2,(H,36,42)(H,43,44). The highest BCUT2D eigenvalue weighted by molar-refractivity contribution is 6.30. The van der Waals surface area contributed by atoms with E-state index in [9.17, 15) is 32.7 Å². The van der Waals surface area contributed by atoms with E-state index in [1.807, 2.05) is 0 Å². The summed E-state index contributed by atoms with van der Waals surface area (Å²) in [6.45, 7) is 0.223. The van der Waals surface area contributed by atoms with Crippen LogP contribution in [0.1, 0.15) is 40.2 Å². The number of alkyl halides is 3. The van der Waals surface area contributed by atoms with Gasteiger partial charge in [-0.05, 0) is 89.5 Å². The number of nitrogens with one attached hydrogen (secondary N) is 1. The number of aromatic carboxylic acids is 1. The van der Waals surface area contributed by atoms with Crippen molar-refractivity contribution in [1.29, 1.82) is 0 Å². The zero-order chi connectivity index (χ0) is 32.1. The largest absolute Gasteiger partial charge is 0.573 e. The molecule has 1 aromatic heterocycles. The van der Waals surface area contributed by atoms with Crippen LogP contribution in [0.5, 0.6) is 5.75 Å². The van der Waals surface area contributed by atoms with E-state index in [0.717, 1.165) is 12.1 Å². The number of piperidine rings is 1. The highest BCUT2D eigenvalue weighted by Gasteiger charge is 2.40. The molecule has 1 aliphatic heterocycles. The molecule has 1 saturated heterocycles. The summed E-state index contributed by atoms with van der Waals surface area (Å²) in [6, 6.07) is 14.6. The van der Waals surface area contributed by atoms with Gasteiger partial charge in [-0.15, -0.1) is 18.3 Å². The molecule has 232 valence electrons. The van der Waals surface area contributed by atoms with Crippen LogP contribution in [0.15, 0.2) is 79.1 Å². The number of benzene rings is 3. The first kappa shape index (κ1) is 31.2. The first-order chi connectivity index (χ1) is 21.5. The van der Waals surface area contributed by atoms with Crippen LogP contribution in [0.4, 0.5) is 18.9 Å². The monoisotopic (exact) mass is 640 g/mol. The molecule has 15 heteroatoms. The Morgan fingerprint density at radius 2 is 1.78 bits per heavy atom. The number of rotatable bonds is 8. The molecule has 2 amide bonds. The molecule has 5 rings (SSSR count). The van der Waals surface area contributed by atoms with Crippen LogP contribution in [-0.2, 0) is 9.59 Å². The molecular formula is C30H24ClF3N6O5. The number of aromatic nitrogens is 4. The molecule has 2 heterocycles. The molecule has 0 saturated carbocycles. The third-order valence-corrected chi connectivity index (χ3v) is 7.35. The molecule has 0 radical (unpaired) electrons. The number of amides is 2. The van der Waals surface area contributed by atoms with Gasteiger partial charge in [0.25, 0.3) is 0 Å². The summed E-state index contributed by atoms with van der Waals surface area (Å²) in [5.41, 5.74) is 1.93. The Kier molecular flexibility index (Phi) is 9.13. The molecule has 4 aromatic rings. The molecule has 45 heavy (non-hydrogen) atoms. The number of anilines is 1. The summed E-state index contributed by atoms with van der Waals surface area (Å²) in [5, 5.41) is 23.5. The fourth-order valence-corrected chi connectivity index (χ4v) is 5.32. The lowest BCUT2D eigenvalue weighted by atomic mass is 9.82. The number of carbonyl (C=O) groups excluding carboxylic acids is 2. The number of nitrogens with zero attached hydrogens (tertiary/aromatic N) is 5. The average molecular weight is 641 g/mol. The molecule has 2 atom stereocenters. The lowest BCUT2D eigenvalue weighted by Crippen LogP contribution is -2.53. The van der Waals surface area contributed by atoms with Gasteiger partial charge in [0.2, 0.25) is 11.8 Å². The molecule has 0 bridgehead atoms. The number of carboxylic acids is 1. The SMILES string of the molecule is O=C(O)c1ccc(NC(=O)C2C(c3ccc(OC(F)(F)F)cc3)CCCN2C(=O)C=Cc2cc(Cl)ccc2-n2cnnn2)cc1. The first-order valence-corrected chi connectivity index (χ1v) is 13.9. The van der Waals surface area contributed by atoms with Gasteiger partial charge in [-0.25, -0.2) is 4.79 Å². The average Bonchev–Trinajstić information content (AvgIpc) is 3.54. The minimum atomic E-state index is -4.87. The lowest BCUT2D eigenvalue weighted by Gasteiger charge is -2.40. The maximum Gasteiger partial charge on any atom is 0.573 e. The van der Waals surface area contributed by atoms with Crippen LogP contribution in [0, 0.1) is 0 Å². The van der Waals surface area contributed by atoms with Crippen LogP contribution in [0.3, 0.4) is 0 Å². The second-order valence-electron chi connectivity index (χ2n) is 10.0. The van der Waals surface area contributed by atoms with E-state index in [-0.39, 0.29) is 12.1 Å². The Hall–Kier alpha value is -5.24. The quantitative estimate of drug-likeness (QED) is 0.246. The molecule has 11 nitrogen and oxygen atoms in total. The molecule has 2 unspecified atom stereocenters. The summed E-state index contributed by atoms with van der Waals surface area (Å²) in [6.07, 6.45) is 0.303. The van der Waals surface area contributed by atoms with Gasteiger partial charge < -0.3 is 20.1 Å². The summed E-state index contributed by atoms with van der Waals surface area (Å²) in [5.74, 6) is -3.20. The van der Waals surface area contributed by atoms with Gasteiger partial charge in [0, 0.05) is 34.8 Å². The molecule has 3 aromatic carbocycles. The minimum Gasteiger partial charge on any atom is -0.478 e. The van der Waals surface area contributed by atoms with Crippen molar-refractivity contribution in [2.45, 2.75) is 31.2 Å². The van der Waals surface area contributed by atoms with Gasteiger partial charge in [0.15, 0.2) is 0 Å². The fraction of sp³-hybridized carbons (Fsp3) is 0.200. The number of halogens is 4. The van der Waals surface area contributed by atoms with E-state index in [4.69, 9.17) is 11.6 Å². The summed E-state index contributed by atoms with van der Waals surface area (Å²) < 4.78 is 43.6. The highest BCUT2D eigenvalue weighted by atomic mass is 35.5. The Labute approximate surface area is 258 Å². The number of tetrazole rings is 1. The van der Waals surface area contributed by atoms with E-state index in [2.05, 4.69) is 25.6 Å². The van der Waals surface area contributed by atoms with Gasteiger partial charge in [-0.2, -0.15) is 4.68 Å². The molecule has 0 spiro atoms. The van der Waals surface area contributed by atoms with Crippen molar-refractivity contribution in [3.05, 3.63) is 101 Å². The fourth-order valence-electron chi connectivity index (χ4n) is 5.14. The molecule has 2 N–H and O–H groups in total. The van der Waals surface area contributed by atoms with Crippen molar-refractivity contribution in [2.75, 3.05) is 11.9 Å². The van der Waals surface area contributed by atoms with Crippen molar-refractivity contribution in [1.82, 2.24) is 25.1 Å². The van der Waals surface area contributed by atoms with Crippen LogP contribution < -0.4 is 10.1 Å². The Balaban J connectivity index is 1.45. The van der Waals surface area contributed by atoms with E-state index >= 15 is 0 Å². The van der Waals surface area contributed by atoms with E-state index < -0.39 is 41.9 Å². The number of hydrogen-bond donors (Lipinski definition) is 2. The second-order valence-corrected chi connectivity index (χ2v) is 10.4. The van der Waals surface area contributed by atoms with Crippen LogP contribution >= 0.6 is 11.6 Å². The maximum absolute atomic E-state index is 13.8. The summed E-state index contributed by atoms with van der Waals surface area (Å²) in [4.78, 5) is 40.1.